The highest BCUT2D eigenvalue weighted by atomic mass is 16.6. The van der Waals surface area contributed by atoms with Crippen molar-refractivity contribution < 1.29 is 14.3 Å². The van der Waals surface area contributed by atoms with Gasteiger partial charge in [0.05, 0.1) is 5.56 Å². The molecule has 4 nitrogen and oxygen atoms in total. The minimum atomic E-state index is -0.488. The summed E-state index contributed by atoms with van der Waals surface area (Å²) in [4.78, 5) is 21.9. The lowest BCUT2D eigenvalue weighted by Crippen LogP contribution is -2.23. The normalized spacial score (nSPS) is 10.8. The second kappa shape index (κ2) is 6.19. The standard InChI is InChI=1S/C14H19NO3/c1-14(2,3)18-13(17)11-5-7-12(8-6-11)15-9-4-10-16/h5-8,10,15H,4,9H2,1-3H3. The second-order valence-electron chi connectivity index (χ2n) is 4.96. The van der Waals surface area contributed by atoms with E-state index in [9.17, 15) is 9.59 Å². The molecule has 1 rings (SSSR count). The molecule has 0 aliphatic rings. The highest BCUT2D eigenvalue weighted by Crippen LogP contribution is 2.14. The fourth-order valence-electron chi connectivity index (χ4n) is 1.34. The Hall–Kier alpha value is -1.84. The van der Waals surface area contributed by atoms with E-state index in [1.54, 1.807) is 24.3 Å². The van der Waals surface area contributed by atoms with Crippen LogP contribution in [0.3, 0.4) is 0 Å². The van der Waals surface area contributed by atoms with Crippen LogP contribution < -0.4 is 5.32 Å². The Kier molecular flexibility index (Phi) is 4.89. The quantitative estimate of drug-likeness (QED) is 0.495. The van der Waals surface area contributed by atoms with E-state index in [1.807, 2.05) is 20.8 Å². The number of benzene rings is 1. The average Bonchev–Trinajstić information content (AvgIpc) is 2.28. The Balaban J connectivity index is 2.59. The van der Waals surface area contributed by atoms with Crippen LogP contribution in [0.4, 0.5) is 5.69 Å². The lowest BCUT2D eigenvalue weighted by atomic mass is 10.1. The van der Waals surface area contributed by atoms with Gasteiger partial charge in [-0.25, -0.2) is 4.79 Å². The van der Waals surface area contributed by atoms with Crippen LogP contribution in [-0.4, -0.2) is 24.4 Å². The molecule has 0 saturated heterocycles. The van der Waals surface area contributed by atoms with Crippen LogP contribution in [0.1, 0.15) is 37.6 Å². The first-order valence-corrected chi connectivity index (χ1v) is 5.93. The minimum absolute atomic E-state index is 0.332. The third kappa shape index (κ3) is 4.99. The van der Waals surface area contributed by atoms with Gasteiger partial charge in [0.15, 0.2) is 0 Å². The van der Waals surface area contributed by atoms with Crippen molar-refractivity contribution in [3.63, 3.8) is 0 Å². The molecule has 0 bridgehead atoms. The van der Waals surface area contributed by atoms with Gasteiger partial charge in [-0.05, 0) is 45.0 Å². The number of nitrogens with one attached hydrogen (secondary N) is 1. The summed E-state index contributed by atoms with van der Waals surface area (Å²) >= 11 is 0. The molecule has 0 saturated carbocycles. The molecule has 0 aliphatic carbocycles. The van der Waals surface area contributed by atoms with E-state index in [2.05, 4.69) is 5.32 Å². The summed E-state index contributed by atoms with van der Waals surface area (Å²) in [5.74, 6) is -0.332. The minimum Gasteiger partial charge on any atom is -0.456 e. The molecular weight excluding hydrogens is 230 g/mol. The van der Waals surface area contributed by atoms with Crippen LogP contribution in [-0.2, 0) is 9.53 Å². The lowest BCUT2D eigenvalue weighted by Gasteiger charge is -2.19. The zero-order chi connectivity index (χ0) is 13.6. The molecule has 0 unspecified atom stereocenters. The lowest BCUT2D eigenvalue weighted by molar-refractivity contribution is -0.107. The number of ether oxygens (including phenoxy) is 1. The van der Waals surface area contributed by atoms with Crippen molar-refractivity contribution in [2.45, 2.75) is 32.8 Å². The van der Waals surface area contributed by atoms with Crippen molar-refractivity contribution in [2.24, 2.45) is 0 Å². The molecule has 98 valence electrons. The molecule has 0 spiro atoms. The van der Waals surface area contributed by atoms with E-state index in [4.69, 9.17) is 4.74 Å². The second-order valence-corrected chi connectivity index (χ2v) is 4.96. The molecule has 0 radical (unpaired) electrons. The van der Waals surface area contributed by atoms with Crippen LogP contribution in [0, 0.1) is 0 Å². The summed E-state index contributed by atoms with van der Waals surface area (Å²) in [7, 11) is 0. The van der Waals surface area contributed by atoms with Crippen LogP contribution in [0.15, 0.2) is 24.3 Å². The van der Waals surface area contributed by atoms with Gasteiger partial charge in [-0.3, -0.25) is 0 Å². The Labute approximate surface area is 107 Å². The number of hydrogen-bond acceptors (Lipinski definition) is 4. The molecule has 4 heteroatoms. The van der Waals surface area contributed by atoms with E-state index < -0.39 is 5.60 Å². The van der Waals surface area contributed by atoms with E-state index in [0.717, 1.165) is 12.0 Å². The van der Waals surface area contributed by atoms with Crippen LogP contribution in [0.2, 0.25) is 0 Å². The smallest absolute Gasteiger partial charge is 0.338 e. The third-order valence-electron chi connectivity index (χ3n) is 2.11. The van der Waals surface area contributed by atoms with Gasteiger partial charge in [0.2, 0.25) is 0 Å². The fraction of sp³-hybridized carbons (Fsp3) is 0.429. The summed E-state index contributed by atoms with van der Waals surface area (Å²) in [6, 6.07) is 7.00. The van der Waals surface area contributed by atoms with Crippen molar-refractivity contribution in [3.05, 3.63) is 29.8 Å². The Morgan fingerprint density at radius 3 is 2.39 bits per heavy atom. The predicted octanol–water partition coefficient (Wildman–Crippen LogP) is 2.64. The summed E-state index contributed by atoms with van der Waals surface area (Å²) in [6.45, 7) is 6.09. The maximum Gasteiger partial charge on any atom is 0.338 e. The third-order valence-corrected chi connectivity index (χ3v) is 2.11. The molecule has 0 fully saturated rings. The van der Waals surface area contributed by atoms with Crippen molar-refractivity contribution >= 4 is 17.9 Å². The Morgan fingerprint density at radius 1 is 1.28 bits per heavy atom. The predicted molar refractivity (Wildman–Crippen MR) is 70.8 cm³/mol. The van der Waals surface area contributed by atoms with Crippen LogP contribution in [0.5, 0.6) is 0 Å². The van der Waals surface area contributed by atoms with Gasteiger partial charge < -0.3 is 14.8 Å². The zero-order valence-electron chi connectivity index (χ0n) is 11.0. The van der Waals surface area contributed by atoms with Gasteiger partial charge in [-0.15, -0.1) is 0 Å². The van der Waals surface area contributed by atoms with Gasteiger partial charge >= 0.3 is 5.97 Å². The van der Waals surface area contributed by atoms with E-state index in [-0.39, 0.29) is 5.97 Å². The van der Waals surface area contributed by atoms with Crippen molar-refractivity contribution in [1.82, 2.24) is 0 Å². The first kappa shape index (κ1) is 14.2. The number of hydrogen-bond donors (Lipinski definition) is 1. The molecule has 0 atom stereocenters. The van der Waals surface area contributed by atoms with Gasteiger partial charge in [-0.2, -0.15) is 0 Å². The highest BCUT2D eigenvalue weighted by molar-refractivity contribution is 5.90. The summed E-state index contributed by atoms with van der Waals surface area (Å²) in [5, 5.41) is 3.08. The summed E-state index contributed by atoms with van der Waals surface area (Å²) < 4.78 is 5.26. The summed E-state index contributed by atoms with van der Waals surface area (Å²) in [5.41, 5.74) is 0.910. The largest absolute Gasteiger partial charge is 0.456 e. The summed E-state index contributed by atoms with van der Waals surface area (Å²) in [6.07, 6.45) is 1.33. The molecule has 1 N–H and O–H groups in total. The van der Waals surface area contributed by atoms with Crippen molar-refractivity contribution in [1.29, 1.82) is 0 Å². The molecule has 18 heavy (non-hydrogen) atoms. The SMILES string of the molecule is CC(C)(C)OC(=O)c1ccc(NCCC=O)cc1. The maximum atomic E-state index is 11.7. The van der Waals surface area contributed by atoms with Gasteiger partial charge in [-0.1, -0.05) is 0 Å². The number of anilines is 1. The Bertz CT molecular complexity index is 404. The van der Waals surface area contributed by atoms with Crippen molar-refractivity contribution in [2.75, 3.05) is 11.9 Å². The Morgan fingerprint density at radius 2 is 1.89 bits per heavy atom. The number of esters is 1. The topological polar surface area (TPSA) is 55.4 Å². The first-order chi connectivity index (χ1) is 8.42. The highest BCUT2D eigenvalue weighted by Gasteiger charge is 2.17. The molecular formula is C14H19NO3. The molecule has 0 aliphatic heterocycles. The zero-order valence-corrected chi connectivity index (χ0v) is 11.0. The number of carbonyl (C=O) groups is 2. The van der Waals surface area contributed by atoms with Crippen LogP contribution >= 0.6 is 0 Å². The van der Waals surface area contributed by atoms with Crippen LogP contribution in [0.25, 0.3) is 0 Å². The first-order valence-electron chi connectivity index (χ1n) is 5.93. The van der Waals surface area contributed by atoms with Gasteiger partial charge in [0.25, 0.3) is 0 Å². The number of aldehydes is 1. The van der Waals surface area contributed by atoms with Crippen molar-refractivity contribution in [3.8, 4) is 0 Å². The molecule has 0 amide bonds. The average molecular weight is 249 g/mol. The molecule has 1 aromatic carbocycles. The van der Waals surface area contributed by atoms with Gasteiger partial charge in [0.1, 0.15) is 11.9 Å². The fourth-order valence-corrected chi connectivity index (χ4v) is 1.34. The van der Waals surface area contributed by atoms with E-state index >= 15 is 0 Å². The monoisotopic (exact) mass is 249 g/mol. The number of carbonyl (C=O) groups excluding carboxylic acids is 2. The van der Waals surface area contributed by atoms with E-state index in [1.165, 1.54) is 0 Å². The molecule has 0 heterocycles. The van der Waals surface area contributed by atoms with Gasteiger partial charge in [0, 0.05) is 18.7 Å². The maximum absolute atomic E-state index is 11.7. The van der Waals surface area contributed by atoms with E-state index in [0.29, 0.717) is 18.5 Å². The number of rotatable bonds is 5. The molecule has 0 aromatic heterocycles. The molecule has 1 aromatic rings.